The summed E-state index contributed by atoms with van der Waals surface area (Å²) in [5.74, 6) is -3.24. The summed E-state index contributed by atoms with van der Waals surface area (Å²) in [5.41, 5.74) is -0.726. The van der Waals surface area contributed by atoms with Crippen molar-refractivity contribution < 1.29 is 23.0 Å². The second kappa shape index (κ2) is 4.72. The van der Waals surface area contributed by atoms with Crippen molar-refractivity contribution in [1.29, 1.82) is 0 Å². The molecule has 82 valence electrons. The lowest BCUT2D eigenvalue weighted by Gasteiger charge is -2.07. The molecule has 0 fully saturated rings. The lowest BCUT2D eigenvalue weighted by atomic mass is 10.2. The Morgan fingerprint density at radius 1 is 1.40 bits per heavy atom. The van der Waals surface area contributed by atoms with Crippen LogP contribution in [0.5, 0.6) is 5.75 Å². The number of esters is 1. The fourth-order valence-electron chi connectivity index (χ4n) is 1.08. The SMILES string of the molecule is CCOC(=O)c1c(F)ccc(OC)c1F. The molecule has 0 saturated heterocycles. The molecular formula is C10H10F2O3. The number of rotatable bonds is 3. The maximum Gasteiger partial charge on any atom is 0.344 e. The van der Waals surface area contributed by atoms with Crippen LogP contribution in [0.2, 0.25) is 0 Å². The van der Waals surface area contributed by atoms with Gasteiger partial charge >= 0.3 is 5.97 Å². The van der Waals surface area contributed by atoms with Crippen LogP contribution in [0.25, 0.3) is 0 Å². The van der Waals surface area contributed by atoms with Crippen LogP contribution in [0.4, 0.5) is 8.78 Å². The number of ether oxygens (including phenoxy) is 2. The maximum atomic E-state index is 13.4. The van der Waals surface area contributed by atoms with Gasteiger partial charge in [-0.1, -0.05) is 0 Å². The van der Waals surface area contributed by atoms with Gasteiger partial charge in [0, 0.05) is 0 Å². The summed E-state index contributed by atoms with van der Waals surface area (Å²) >= 11 is 0. The Bertz CT molecular complexity index is 377. The summed E-state index contributed by atoms with van der Waals surface area (Å²) < 4.78 is 35.7. The fourth-order valence-corrected chi connectivity index (χ4v) is 1.08. The van der Waals surface area contributed by atoms with Gasteiger partial charge in [0.2, 0.25) is 0 Å². The Hall–Kier alpha value is -1.65. The second-order valence-corrected chi connectivity index (χ2v) is 2.66. The quantitative estimate of drug-likeness (QED) is 0.726. The molecule has 0 saturated carbocycles. The van der Waals surface area contributed by atoms with Crippen molar-refractivity contribution in [3.05, 3.63) is 29.3 Å². The first kappa shape index (κ1) is 11.4. The number of benzene rings is 1. The highest BCUT2D eigenvalue weighted by Crippen LogP contribution is 2.23. The Balaban J connectivity index is 3.20. The molecule has 0 N–H and O–H groups in total. The Morgan fingerprint density at radius 2 is 2.07 bits per heavy atom. The zero-order chi connectivity index (χ0) is 11.4. The molecule has 0 amide bonds. The number of hydrogen-bond acceptors (Lipinski definition) is 3. The molecule has 1 aromatic rings. The molecule has 1 aromatic carbocycles. The molecule has 5 heteroatoms. The van der Waals surface area contributed by atoms with Crippen LogP contribution in [0.3, 0.4) is 0 Å². The van der Waals surface area contributed by atoms with Crippen molar-refractivity contribution in [2.24, 2.45) is 0 Å². The van der Waals surface area contributed by atoms with E-state index in [-0.39, 0.29) is 12.4 Å². The normalized spacial score (nSPS) is 9.87. The van der Waals surface area contributed by atoms with Crippen molar-refractivity contribution in [3.8, 4) is 5.75 Å². The smallest absolute Gasteiger partial charge is 0.344 e. The third-order valence-corrected chi connectivity index (χ3v) is 1.76. The lowest BCUT2D eigenvalue weighted by Crippen LogP contribution is -2.10. The molecule has 1 rings (SSSR count). The Labute approximate surface area is 85.6 Å². The maximum absolute atomic E-state index is 13.4. The summed E-state index contributed by atoms with van der Waals surface area (Å²) in [6.45, 7) is 1.60. The molecule has 0 aliphatic rings. The van der Waals surface area contributed by atoms with Crippen molar-refractivity contribution in [3.63, 3.8) is 0 Å². The van der Waals surface area contributed by atoms with Gasteiger partial charge in [0.1, 0.15) is 11.4 Å². The van der Waals surface area contributed by atoms with Crippen LogP contribution in [-0.2, 0) is 4.74 Å². The summed E-state index contributed by atoms with van der Waals surface area (Å²) in [6.07, 6.45) is 0. The van der Waals surface area contributed by atoms with E-state index in [2.05, 4.69) is 9.47 Å². The van der Waals surface area contributed by atoms with Gasteiger partial charge in [0.15, 0.2) is 11.6 Å². The van der Waals surface area contributed by atoms with Crippen LogP contribution in [-0.4, -0.2) is 19.7 Å². The monoisotopic (exact) mass is 216 g/mol. The summed E-state index contributed by atoms with van der Waals surface area (Å²) in [4.78, 5) is 11.2. The van der Waals surface area contributed by atoms with E-state index in [1.165, 1.54) is 7.11 Å². The van der Waals surface area contributed by atoms with E-state index in [4.69, 9.17) is 0 Å². The van der Waals surface area contributed by atoms with Gasteiger partial charge in [-0.3, -0.25) is 0 Å². The fraction of sp³-hybridized carbons (Fsp3) is 0.300. The molecule has 3 nitrogen and oxygen atoms in total. The second-order valence-electron chi connectivity index (χ2n) is 2.66. The third kappa shape index (κ3) is 2.23. The highest BCUT2D eigenvalue weighted by atomic mass is 19.1. The van der Waals surface area contributed by atoms with E-state index in [1.807, 2.05) is 0 Å². The molecule has 0 aliphatic carbocycles. The van der Waals surface area contributed by atoms with Gasteiger partial charge in [-0.2, -0.15) is 0 Å². The highest BCUT2D eigenvalue weighted by Gasteiger charge is 2.21. The lowest BCUT2D eigenvalue weighted by molar-refractivity contribution is 0.0514. The topological polar surface area (TPSA) is 35.5 Å². The van der Waals surface area contributed by atoms with Gasteiger partial charge in [-0.15, -0.1) is 0 Å². The highest BCUT2D eigenvalue weighted by molar-refractivity contribution is 5.90. The predicted octanol–water partition coefficient (Wildman–Crippen LogP) is 2.15. The average Bonchev–Trinajstić information content (AvgIpc) is 2.18. The van der Waals surface area contributed by atoms with Gasteiger partial charge < -0.3 is 9.47 Å². The van der Waals surface area contributed by atoms with E-state index in [0.29, 0.717) is 0 Å². The number of carbonyl (C=O) groups is 1. The molecule has 0 atom stereocenters. The van der Waals surface area contributed by atoms with E-state index >= 15 is 0 Å². The average molecular weight is 216 g/mol. The number of hydrogen-bond donors (Lipinski definition) is 0. The number of methoxy groups -OCH3 is 1. The first-order valence-corrected chi connectivity index (χ1v) is 4.31. The molecule has 15 heavy (non-hydrogen) atoms. The largest absolute Gasteiger partial charge is 0.494 e. The first-order valence-electron chi connectivity index (χ1n) is 4.31. The van der Waals surface area contributed by atoms with Crippen LogP contribution in [0.1, 0.15) is 17.3 Å². The molecule has 0 aromatic heterocycles. The standard InChI is InChI=1S/C10H10F2O3/c1-3-15-10(13)8-6(11)4-5-7(14-2)9(8)12/h4-5H,3H2,1-2H3. The molecule has 0 radical (unpaired) electrons. The molecule has 0 unspecified atom stereocenters. The van der Waals surface area contributed by atoms with Crippen molar-refractivity contribution in [1.82, 2.24) is 0 Å². The van der Waals surface area contributed by atoms with Crippen molar-refractivity contribution in [2.45, 2.75) is 6.92 Å². The molecular weight excluding hydrogens is 206 g/mol. The summed E-state index contributed by atoms with van der Waals surface area (Å²) in [7, 11) is 1.23. The minimum atomic E-state index is -1.05. The summed E-state index contributed by atoms with van der Waals surface area (Å²) in [5, 5.41) is 0. The van der Waals surface area contributed by atoms with E-state index in [9.17, 15) is 13.6 Å². The van der Waals surface area contributed by atoms with Gasteiger partial charge in [-0.05, 0) is 19.1 Å². The van der Waals surface area contributed by atoms with Crippen LogP contribution in [0.15, 0.2) is 12.1 Å². The van der Waals surface area contributed by atoms with Crippen molar-refractivity contribution in [2.75, 3.05) is 13.7 Å². The van der Waals surface area contributed by atoms with Crippen molar-refractivity contribution >= 4 is 5.97 Å². The van der Waals surface area contributed by atoms with Gasteiger partial charge in [0.05, 0.1) is 13.7 Å². The van der Waals surface area contributed by atoms with Crippen LogP contribution >= 0.6 is 0 Å². The minimum Gasteiger partial charge on any atom is -0.494 e. The first-order chi connectivity index (χ1) is 7.11. The van der Waals surface area contributed by atoms with E-state index < -0.39 is 23.2 Å². The molecule has 0 heterocycles. The van der Waals surface area contributed by atoms with Crippen LogP contribution < -0.4 is 4.74 Å². The van der Waals surface area contributed by atoms with E-state index in [1.54, 1.807) is 6.92 Å². The molecule has 0 spiro atoms. The Morgan fingerprint density at radius 3 is 2.60 bits per heavy atom. The number of halogens is 2. The van der Waals surface area contributed by atoms with E-state index in [0.717, 1.165) is 12.1 Å². The predicted molar refractivity (Wildman–Crippen MR) is 48.9 cm³/mol. The zero-order valence-electron chi connectivity index (χ0n) is 8.34. The molecule has 0 bridgehead atoms. The van der Waals surface area contributed by atoms with Gasteiger partial charge in [0.25, 0.3) is 0 Å². The van der Waals surface area contributed by atoms with Gasteiger partial charge in [-0.25, -0.2) is 13.6 Å². The third-order valence-electron chi connectivity index (χ3n) is 1.76. The molecule has 0 aliphatic heterocycles. The summed E-state index contributed by atoms with van der Waals surface area (Å²) in [6, 6.07) is 2.06. The Kier molecular flexibility index (Phi) is 3.60. The van der Waals surface area contributed by atoms with Crippen LogP contribution in [0, 0.1) is 11.6 Å². The minimum absolute atomic E-state index is 0.0505. The number of carbonyl (C=O) groups excluding carboxylic acids is 1. The zero-order valence-corrected chi connectivity index (χ0v) is 8.34.